The van der Waals surface area contributed by atoms with Gasteiger partial charge in [-0.25, -0.2) is 8.78 Å². The molecule has 1 atom stereocenters. The summed E-state index contributed by atoms with van der Waals surface area (Å²) in [5.74, 6) is 0.756. The maximum atomic E-state index is 12.0. The summed E-state index contributed by atoms with van der Waals surface area (Å²) in [5, 5.41) is 0. The summed E-state index contributed by atoms with van der Waals surface area (Å²) in [6, 6.07) is 0. The summed E-state index contributed by atoms with van der Waals surface area (Å²) in [6.07, 6.45) is 0.999. The van der Waals surface area contributed by atoms with Crippen molar-refractivity contribution in [2.75, 3.05) is 5.88 Å². The molecule has 0 bridgehead atoms. The molecule has 3 heteroatoms. The first-order valence-electron chi connectivity index (χ1n) is 4.42. The van der Waals surface area contributed by atoms with Crippen LogP contribution in [0.5, 0.6) is 0 Å². The van der Waals surface area contributed by atoms with E-state index in [2.05, 4.69) is 0 Å². The summed E-state index contributed by atoms with van der Waals surface area (Å²) < 4.78 is 23.9. The Bertz CT molecular complexity index is 143. The molecule has 1 aliphatic rings. The van der Waals surface area contributed by atoms with Gasteiger partial charge in [0, 0.05) is 12.3 Å². The second-order valence-corrected chi connectivity index (χ2v) is 4.34. The van der Waals surface area contributed by atoms with Crippen molar-refractivity contribution in [1.29, 1.82) is 0 Å². The third-order valence-corrected chi connectivity index (χ3v) is 3.17. The molecule has 0 aromatic carbocycles. The molecule has 0 nitrogen and oxygen atoms in total. The number of rotatable bonds is 5. The molecule has 12 heavy (non-hydrogen) atoms. The Hall–Kier alpha value is 0.150. The highest BCUT2D eigenvalue weighted by atomic mass is 35.5. The summed E-state index contributed by atoms with van der Waals surface area (Å²) >= 11 is 5.75. The quantitative estimate of drug-likeness (QED) is 0.589. The first kappa shape index (κ1) is 10.2. The van der Waals surface area contributed by atoms with Gasteiger partial charge < -0.3 is 0 Å². The van der Waals surface area contributed by atoms with Gasteiger partial charge in [0.05, 0.1) is 0 Å². The fourth-order valence-corrected chi connectivity index (χ4v) is 2.07. The van der Waals surface area contributed by atoms with Gasteiger partial charge in [-0.1, -0.05) is 6.92 Å². The van der Waals surface area contributed by atoms with Gasteiger partial charge in [-0.15, -0.1) is 11.6 Å². The molecule has 1 unspecified atom stereocenters. The van der Waals surface area contributed by atoms with Crippen LogP contribution in [-0.4, -0.2) is 12.3 Å². The molecule has 0 aromatic rings. The van der Waals surface area contributed by atoms with Gasteiger partial charge >= 0.3 is 0 Å². The van der Waals surface area contributed by atoms with Gasteiger partial charge in [0.2, 0.25) is 6.43 Å². The lowest BCUT2D eigenvalue weighted by Crippen LogP contribution is -2.11. The number of hydrogen-bond donors (Lipinski definition) is 0. The van der Waals surface area contributed by atoms with Crippen LogP contribution >= 0.6 is 11.6 Å². The first-order valence-corrected chi connectivity index (χ1v) is 4.95. The summed E-state index contributed by atoms with van der Waals surface area (Å²) in [5.41, 5.74) is 0.232. The highest BCUT2D eigenvalue weighted by Gasteiger charge is 2.42. The van der Waals surface area contributed by atoms with Crippen LogP contribution < -0.4 is 0 Å². The Labute approximate surface area is 77.3 Å². The van der Waals surface area contributed by atoms with Gasteiger partial charge in [-0.05, 0) is 30.6 Å². The summed E-state index contributed by atoms with van der Waals surface area (Å²) in [6.45, 7) is 1.89. The lowest BCUT2D eigenvalue weighted by atomic mass is 9.92. The van der Waals surface area contributed by atoms with Gasteiger partial charge in [0.15, 0.2) is 0 Å². The van der Waals surface area contributed by atoms with Crippen molar-refractivity contribution in [3.8, 4) is 0 Å². The smallest absolute Gasteiger partial charge is 0.211 e. The van der Waals surface area contributed by atoms with Crippen molar-refractivity contribution in [2.24, 2.45) is 11.3 Å². The Morgan fingerprint density at radius 2 is 2.00 bits per heavy atom. The molecule has 1 saturated carbocycles. The minimum absolute atomic E-state index is 0.0264. The van der Waals surface area contributed by atoms with Crippen LogP contribution in [0.4, 0.5) is 8.78 Å². The van der Waals surface area contributed by atoms with Crippen LogP contribution in [0.1, 0.15) is 32.6 Å². The summed E-state index contributed by atoms with van der Waals surface area (Å²) in [4.78, 5) is 0. The number of alkyl halides is 3. The molecular weight excluding hydrogens is 182 g/mol. The van der Waals surface area contributed by atoms with E-state index < -0.39 is 6.43 Å². The molecule has 0 amide bonds. The van der Waals surface area contributed by atoms with Crippen LogP contribution in [0, 0.1) is 11.3 Å². The summed E-state index contributed by atoms with van der Waals surface area (Å²) in [7, 11) is 0. The maximum absolute atomic E-state index is 12.0. The van der Waals surface area contributed by atoms with Crippen molar-refractivity contribution < 1.29 is 8.78 Å². The molecule has 0 saturated heterocycles. The first-order chi connectivity index (χ1) is 5.58. The average molecular weight is 197 g/mol. The molecular formula is C9H15ClF2. The van der Waals surface area contributed by atoms with Crippen LogP contribution in [-0.2, 0) is 0 Å². The second kappa shape index (κ2) is 3.91. The van der Waals surface area contributed by atoms with Gasteiger partial charge in [0.25, 0.3) is 0 Å². The molecule has 0 heterocycles. The number of halogens is 3. The van der Waals surface area contributed by atoms with Gasteiger partial charge in [0.1, 0.15) is 0 Å². The average Bonchev–Trinajstić information content (AvgIpc) is 2.67. The minimum Gasteiger partial charge on any atom is -0.211 e. The van der Waals surface area contributed by atoms with E-state index in [9.17, 15) is 8.78 Å². The monoisotopic (exact) mass is 196 g/mol. The van der Waals surface area contributed by atoms with Crippen molar-refractivity contribution in [3.63, 3.8) is 0 Å². The lowest BCUT2D eigenvalue weighted by Gasteiger charge is -2.16. The van der Waals surface area contributed by atoms with Gasteiger partial charge in [-0.2, -0.15) is 0 Å². The minimum atomic E-state index is -2.16. The Morgan fingerprint density at radius 1 is 1.42 bits per heavy atom. The van der Waals surface area contributed by atoms with Crippen molar-refractivity contribution >= 4 is 11.6 Å². The molecule has 0 N–H and O–H groups in total. The van der Waals surface area contributed by atoms with Crippen LogP contribution in [0.2, 0.25) is 0 Å². The fourth-order valence-electron chi connectivity index (χ4n) is 1.70. The molecule has 0 aromatic heterocycles. The zero-order valence-electron chi connectivity index (χ0n) is 7.32. The number of hydrogen-bond acceptors (Lipinski definition) is 0. The van der Waals surface area contributed by atoms with E-state index in [0.717, 1.165) is 19.3 Å². The van der Waals surface area contributed by atoms with Gasteiger partial charge in [-0.3, -0.25) is 0 Å². The van der Waals surface area contributed by atoms with E-state index in [1.807, 2.05) is 6.92 Å². The SMILES string of the molecule is CC(CC(F)F)CC1(CCl)CC1. The van der Waals surface area contributed by atoms with Crippen molar-refractivity contribution in [3.05, 3.63) is 0 Å². The normalized spacial score (nSPS) is 22.8. The van der Waals surface area contributed by atoms with Crippen molar-refractivity contribution in [1.82, 2.24) is 0 Å². The van der Waals surface area contributed by atoms with Crippen LogP contribution in [0.15, 0.2) is 0 Å². The Kier molecular flexibility index (Phi) is 3.33. The standard InChI is InChI=1S/C9H15ClF2/c1-7(4-8(11)12)5-9(6-10)2-3-9/h7-8H,2-6H2,1H3. The van der Waals surface area contributed by atoms with E-state index >= 15 is 0 Å². The second-order valence-electron chi connectivity index (χ2n) is 4.07. The van der Waals surface area contributed by atoms with Crippen LogP contribution in [0.3, 0.4) is 0 Å². The molecule has 1 rings (SSSR count). The highest BCUT2D eigenvalue weighted by Crippen LogP contribution is 2.51. The molecule has 1 fully saturated rings. The zero-order chi connectivity index (χ0) is 9.19. The molecule has 0 radical (unpaired) electrons. The maximum Gasteiger partial charge on any atom is 0.238 e. The van der Waals surface area contributed by atoms with Crippen LogP contribution in [0.25, 0.3) is 0 Å². The van der Waals surface area contributed by atoms with E-state index in [-0.39, 0.29) is 17.8 Å². The Morgan fingerprint density at radius 3 is 2.33 bits per heavy atom. The molecule has 1 aliphatic carbocycles. The predicted octanol–water partition coefficient (Wildman–Crippen LogP) is 3.69. The van der Waals surface area contributed by atoms with Crippen molar-refractivity contribution in [2.45, 2.75) is 39.0 Å². The molecule has 72 valence electrons. The predicted molar refractivity (Wildman–Crippen MR) is 46.8 cm³/mol. The van der Waals surface area contributed by atoms with E-state index in [4.69, 9.17) is 11.6 Å². The molecule has 0 aliphatic heterocycles. The largest absolute Gasteiger partial charge is 0.238 e. The zero-order valence-corrected chi connectivity index (χ0v) is 8.08. The third kappa shape index (κ3) is 2.89. The third-order valence-electron chi connectivity index (χ3n) is 2.60. The van der Waals surface area contributed by atoms with E-state index in [1.165, 1.54) is 0 Å². The highest BCUT2D eigenvalue weighted by molar-refractivity contribution is 6.18. The van der Waals surface area contributed by atoms with E-state index in [0.29, 0.717) is 5.88 Å². The lowest BCUT2D eigenvalue weighted by molar-refractivity contribution is 0.111. The van der Waals surface area contributed by atoms with E-state index in [1.54, 1.807) is 0 Å². The Balaban J connectivity index is 2.21. The molecule has 0 spiro atoms. The topological polar surface area (TPSA) is 0 Å². The fraction of sp³-hybridized carbons (Fsp3) is 1.00.